The third-order valence-electron chi connectivity index (χ3n) is 5.63. The van der Waals surface area contributed by atoms with Crippen molar-refractivity contribution in [1.82, 2.24) is 14.3 Å². The fraction of sp³-hybridized carbons (Fsp3) is 0.556. The molecule has 1 aromatic carbocycles. The van der Waals surface area contributed by atoms with E-state index in [2.05, 4.69) is 17.2 Å². The van der Waals surface area contributed by atoms with E-state index < -0.39 is 0 Å². The summed E-state index contributed by atoms with van der Waals surface area (Å²) in [4.78, 5) is 1.69. The van der Waals surface area contributed by atoms with E-state index in [0.717, 1.165) is 29.1 Å². The van der Waals surface area contributed by atoms with Crippen molar-refractivity contribution >= 4 is 12.2 Å². The van der Waals surface area contributed by atoms with Gasteiger partial charge in [0.25, 0.3) is 0 Å². The minimum atomic E-state index is 0.807. The molecule has 1 unspecified atom stereocenters. The number of nitrogens with one attached hydrogen (secondary N) is 1. The van der Waals surface area contributed by atoms with Gasteiger partial charge >= 0.3 is 0 Å². The quantitative estimate of drug-likeness (QED) is 0.877. The van der Waals surface area contributed by atoms with E-state index in [1.165, 1.54) is 45.1 Å². The van der Waals surface area contributed by atoms with E-state index in [1.54, 1.807) is 4.90 Å². The van der Waals surface area contributed by atoms with Crippen LogP contribution in [0.5, 0.6) is 0 Å². The van der Waals surface area contributed by atoms with Crippen LogP contribution in [-0.2, 0) is 6.67 Å². The van der Waals surface area contributed by atoms with Gasteiger partial charge in [-0.15, -0.1) is 0 Å². The Morgan fingerprint density at radius 2 is 1.87 bits per heavy atom. The van der Waals surface area contributed by atoms with Gasteiger partial charge in [-0.2, -0.15) is 9.78 Å². The maximum Gasteiger partial charge on any atom is 0.207 e. The number of hydrogen-bond donors (Lipinski definition) is 1. The Morgan fingerprint density at radius 1 is 1.09 bits per heavy atom. The number of piperidine rings is 1. The van der Waals surface area contributed by atoms with E-state index in [0.29, 0.717) is 0 Å². The van der Waals surface area contributed by atoms with E-state index >= 15 is 0 Å². The zero-order chi connectivity index (χ0) is 15.6. The molecule has 0 radical (unpaired) electrons. The van der Waals surface area contributed by atoms with E-state index in [9.17, 15) is 0 Å². The van der Waals surface area contributed by atoms with Gasteiger partial charge in [0.2, 0.25) is 4.77 Å². The van der Waals surface area contributed by atoms with E-state index in [1.807, 2.05) is 33.8 Å². The van der Waals surface area contributed by atoms with Crippen LogP contribution in [0.4, 0.5) is 0 Å². The zero-order valence-electron chi connectivity index (χ0n) is 13.5. The topological polar surface area (TPSA) is 27.2 Å². The number of rotatable bonds is 3. The second kappa shape index (κ2) is 6.57. The van der Waals surface area contributed by atoms with Gasteiger partial charge in [0.1, 0.15) is 6.33 Å². The fourth-order valence-corrected chi connectivity index (χ4v) is 4.73. The molecule has 2 fully saturated rings. The third-order valence-corrected chi connectivity index (χ3v) is 6.03. The molecule has 4 nitrogen and oxygen atoms in total. The number of aromatic nitrogens is 3. The van der Waals surface area contributed by atoms with Crippen molar-refractivity contribution in [3.63, 3.8) is 0 Å². The van der Waals surface area contributed by atoms with Crippen LogP contribution >= 0.6 is 12.2 Å². The SMILES string of the molecule is S=c1n(-c2ccccc2)cnn1C[NH+]1CCC[C@H]2CCCC[C@@H]21. The summed E-state index contributed by atoms with van der Waals surface area (Å²) < 4.78 is 4.84. The molecule has 1 aliphatic carbocycles. The molecular weight excluding hydrogens is 304 g/mol. The van der Waals surface area contributed by atoms with Gasteiger partial charge in [0.05, 0.1) is 12.6 Å². The van der Waals surface area contributed by atoms with Crippen LogP contribution in [0.1, 0.15) is 38.5 Å². The van der Waals surface area contributed by atoms with Crippen LogP contribution in [0.15, 0.2) is 36.7 Å². The molecule has 1 saturated heterocycles. The van der Waals surface area contributed by atoms with Crippen molar-refractivity contribution in [3.8, 4) is 5.69 Å². The Hall–Kier alpha value is -1.46. The summed E-state index contributed by atoms with van der Waals surface area (Å²) in [6.45, 7) is 2.18. The van der Waals surface area contributed by atoms with Crippen molar-refractivity contribution in [2.24, 2.45) is 5.92 Å². The molecular formula is C18H25N4S+. The van der Waals surface area contributed by atoms with Crippen LogP contribution in [0.3, 0.4) is 0 Å². The molecule has 2 aromatic rings. The first-order valence-electron chi connectivity index (χ1n) is 8.87. The summed E-state index contributed by atoms with van der Waals surface area (Å²) >= 11 is 5.67. The van der Waals surface area contributed by atoms with Crippen LogP contribution in [0.25, 0.3) is 5.69 Å². The Bertz CT molecular complexity index is 703. The van der Waals surface area contributed by atoms with Crippen molar-refractivity contribution in [3.05, 3.63) is 41.4 Å². The van der Waals surface area contributed by atoms with Crippen LogP contribution < -0.4 is 4.90 Å². The average molecular weight is 329 g/mol. The predicted molar refractivity (Wildman–Crippen MR) is 93.2 cm³/mol. The van der Waals surface area contributed by atoms with Gasteiger partial charge < -0.3 is 4.90 Å². The summed E-state index contributed by atoms with van der Waals surface area (Å²) in [6.07, 6.45) is 10.3. The molecule has 0 bridgehead atoms. The second-order valence-corrected chi connectivity index (χ2v) is 7.34. The summed E-state index contributed by atoms with van der Waals surface area (Å²) in [5.74, 6) is 0.929. The standard InChI is InChI=1S/C18H24N4S/c23-18-21(16-9-2-1-3-10-16)13-19-22(18)14-20-12-6-8-15-7-4-5-11-17(15)20/h1-3,9-10,13,15,17H,4-8,11-12,14H2/p+1/t15-,17+/m1/s1. The third kappa shape index (κ3) is 3.00. The largest absolute Gasteiger partial charge is 0.314 e. The van der Waals surface area contributed by atoms with Gasteiger partial charge in [-0.25, -0.2) is 0 Å². The Labute approximate surface area is 142 Å². The van der Waals surface area contributed by atoms with Gasteiger partial charge in [0, 0.05) is 11.6 Å². The lowest BCUT2D eigenvalue weighted by molar-refractivity contribution is -0.958. The highest BCUT2D eigenvalue weighted by Gasteiger charge is 2.36. The van der Waals surface area contributed by atoms with Gasteiger partial charge in [0.15, 0.2) is 6.67 Å². The smallest absolute Gasteiger partial charge is 0.207 e. The number of quaternary nitrogens is 1. The van der Waals surface area contributed by atoms with E-state index in [4.69, 9.17) is 12.2 Å². The maximum absolute atomic E-state index is 5.67. The minimum Gasteiger partial charge on any atom is -0.314 e. The predicted octanol–water partition coefficient (Wildman–Crippen LogP) is 2.60. The average Bonchev–Trinajstić information content (AvgIpc) is 2.97. The lowest BCUT2D eigenvalue weighted by Crippen LogP contribution is -3.17. The lowest BCUT2D eigenvalue weighted by Gasteiger charge is -2.40. The molecule has 3 atom stereocenters. The van der Waals surface area contributed by atoms with Crippen molar-refractivity contribution < 1.29 is 4.90 Å². The molecule has 1 saturated carbocycles. The number of likely N-dealkylation sites (tertiary alicyclic amines) is 1. The molecule has 4 rings (SSSR count). The summed E-state index contributed by atoms with van der Waals surface area (Å²) in [5.41, 5.74) is 1.09. The highest BCUT2D eigenvalue weighted by atomic mass is 32.1. The molecule has 1 N–H and O–H groups in total. The maximum atomic E-state index is 5.67. The number of nitrogens with zero attached hydrogens (tertiary/aromatic N) is 3. The van der Waals surface area contributed by atoms with Crippen LogP contribution in [0, 0.1) is 10.7 Å². The Morgan fingerprint density at radius 3 is 2.74 bits per heavy atom. The number of benzene rings is 1. The molecule has 0 amide bonds. The number of para-hydroxylation sites is 1. The van der Waals surface area contributed by atoms with Crippen molar-refractivity contribution in [2.75, 3.05) is 6.54 Å². The highest BCUT2D eigenvalue weighted by Crippen LogP contribution is 2.28. The van der Waals surface area contributed by atoms with E-state index in [-0.39, 0.29) is 0 Å². The Kier molecular flexibility index (Phi) is 4.31. The van der Waals surface area contributed by atoms with Crippen LogP contribution in [-0.4, -0.2) is 26.9 Å². The summed E-state index contributed by atoms with van der Waals surface area (Å²) in [7, 11) is 0. The first-order valence-corrected chi connectivity index (χ1v) is 9.28. The molecule has 2 heterocycles. The number of fused-ring (bicyclic) bond motifs is 1. The normalized spacial score (nSPS) is 27.6. The van der Waals surface area contributed by atoms with Gasteiger partial charge in [-0.3, -0.25) is 4.57 Å². The highest BCUT2D eigenvalue weighted by molar-refractivity contribution is 7.71. The van der Waals surface area contributed by atoms with Crippen LogP contribution in [0.2, 0.25) is 0 Å². The zero-order valence-corrected chi connectivity index (χ0v) is 14.3. The monoisotopic (exact) mass is 329 g/mol. The Balaban J connectivity index is 1.55. The first kappa shape index (κ1) is 15.1. The molecule has 1 aliphatic heterocycles. The lowest BCUT2D eigenvalue weighted by atomic mass is 9.78. The fourth-order valence-electron chi connectivity index (χ4n) is 4.47. The molecule has 1 aromatic heterocycles. The molecule has 5 heteroatoms. The second-order valence-electron chi connectivity index (χ2n) is 6.98. The summed E-state index contributed by atoms with van der Waals surface area (Å²) in [6, 6.07) is 11.1. The molecule has 0 spiro atoms. The van der Waals surface area contributed by atoms with Gasteiger partial charge in [-0.05, 0) is 56.5 Å². The molecule has 122 valence electrons. The van der Waals surface area contributed by atoms with Crippen molar-refractivity contribution in [2.45, 2.75) is 51.2 Å². The molecule has 2 aliphatic rings. The minimum absolute atomic E-state index is 0.807. The first-order chi connectivity index (χ1) is 11.3. The van der Waals surface area contributed by atoms with Gasteiger partial charge in [-0.1, -0.05) is 24.6 Å². The number of hydrogen-bond acceptors (Lipinski definition) is 2. The molecule has 23 heavy (non-hydrogen) atoms. The van der Waals surface area contributed by atoms with Crippen molar-refractivity contribution in [1.29, 1.82) is 0 Å². The summed E-state index contributed by atoms with van der Waals surface area (Å²) in [5, 5.41) is 4.58.